The van der Waals surface area contributed by atoms with Gasteiger partial charge in [0.1, 0.15) is 5.82 Å². The third-order valence-corrected chi connectivity index (χ3v) is 6.98. The maximum Gasteiger partial charge on any atom is 0.230 e. The van der Waals surface area contributed by atoms with Crippen LogP contribution in [0.3, 0.4) is 0 Å². The van der Waals surface area contributed by atoms with Crippen LogP contribution >= 0.6 is 11.8 Å². The summed E-state index contributed by atoms with van der Waals surface area (Å²) in [6.07, 6.45) is 1.80. The first-order valence-corrected chi connectivity index (χ1v) is 13.0. The largest absolute Gasteiger partial charge is 0.379 e. The molecule has 1 unspecified atom stereocenters. The Morgan fingerprint density at radius 1 is 1.09 bits per heavy atom. The van der Waals surface area contributed by atoms with E-state index in [1.807, 2.05) is 29.7 Å². The van der Waals surface area contributed by atoms with Crippen LogP contribution in [0.15, 0.2) is 59.8 Å². The number of rotatable bonds is 11. The number of hydrogen-bond acceptors (Lipinski definition) is 6. The normalized spacial score (nSPS) is 15.1. The number of aromatic nitrogens is 3. The predicted octanol–water partition coefficient (Wildman–Crippen LogP) is 3.65. The molecular weight excluding hydrogens is 465 g/mol. The zero-order valence-corrected chi connectivity index (χ0v) is 20.8. The van der Waals surface area contributed by atoms with E-state index in [1.165, 1.54) is 29.5 Å². The van der Waals surface area contributed by atoms with Crippen molar-refractivity contribution < 1.29 is 13.9 Å². The van der Waals surface area contributed by atoms with Gasteiger partial charge < -0.3 is 14.6 Å². The molecule has 2 aromatic carbocycles. The number of carbonyl (C=O) groups excluding carboxylic acids is 1. The molecule has 7 nitrogen and oxygen atoms in total. The molecule has 0 spiro atoms. The first-order chi connectivity index (χ1) is 17.1. The van der Waals surface area contributed by atoms with Gasteiger partial charge in [0.05, 0.1) is 19.0 Å². The van der Waals surface area contributed by atoms with Gasteiger partial charge in [-0.05, 0) is 49.6 Å². The Bertz CT molecular complexity index is 1070. The molecule has 0 saturated carbocycles. The Morgan fingerprint density at radius 2 is 1.83 bits per heavy atom. The fourth-order valence-electron chi connectivity index (χ4n) is 4.02. The minimum atomic E-state index is -0.291. The van der Waals surface area contributed by atoms with Crippen molar-refractivity contribution in [2.24, 2.45) is 0 Å². The molecule has 0 radical (unpaired) electrons. The Kier molecular flexibility index (Phi) is 9.28. The van der Waals surface area contributed by atoms with E-state index < -0.39 is 0 Å². The van der Waals surface area contributed by atoms with Crippen LogP contribution in [0.4, 0.5) is 4.39 Å². The molecule has 1 aliphatic heterocycles. The summed E-state index contributed by atoms with van der Waals surface area (Å²) in [5, 5.41) is 12.5. The highest BCUT2D eigenvalue weighted by Crippen LogP contribution is 2.24. The lowest BCUT2D eigenvalue weighted by Gasteiger charge is -2.27. The van der Waals surface area contributed by atoms with E-state index in [4.69, 9.17) is 4.74 Å². The second-order valence-electron chi connectivity index (χ2n) is 8.70. The molecule has 1 saturated heterocycles. The van der Waals surface area contributed by atoms with Crippen LogP contribution in [-0.2, 0) is 22.5 Å². The lowest BCUT2D eigenvalue weighted by molar-refractivity contribution is -0.119. The number of morpholine rings is 1. The maximum atomic E-state index is 13.5. The molecule has 35 heavy (non-hydrogen) atoms. The molecule has 1 amide bonds. The Hall–Kier alpha value is -2.75. The van der Waals surface area contributed by atoms with Crippen LogP contribution in [0.25, 0.3) is 11.4 Å². The first kappa shape index (κ1) is 25.3. The number of amides is 1. The number of thioether (sulfide) groups is 1. The average molecular weight is 498 g/mol. The third-order valence-electron chi connectivity index (χ3n) is 6.01. The number of ether oxygens (including phenoxy) is 1. The van der Waals surface area contributed by atoms with Gasteiger partial charge in [0.15, 0.2) is 11.0 Å². The molecule has 2 heterocycles. The monoisotopic (exact) mass is 497 g/mol. The summed E-state index contributed by atoms with van der Waals surface area (Å²) in [6, 6.07) is 16.6. The highest BCUT2D eigenvalue weighted by Gasteiger charge is 2.18. The molecule has 0 bridgehead atoms. The van der Waals surface area contributed by atoms with Gasteiger partial charge in [0, 0.05) is 37.8 Å². The van der Waals surface area contributed by atoms with Gasteiger partial charge in [0.2, 0.25) is 5.91 Å². The van der Waals surface area contributed by atoms with Gasteiger partial charge in [-0.3, -0.25) is 9.69 Å². The molecule has 1 atom stereocenters. The Morgan fingerprint density at radius 3 is 2.57 bits per heavy atom. The van der Waals surface area contributed by atoms with Gasteiger partial charge in [0.25, 0.3) is 0 Å². The fourth-order valence-corrected chi connectivity index (χ4v) is 4.80. The highest BCUT2D eigenvalue weighted by molar-refractivity contribution is 7.99. The molecule has 1 fully saturated rings. The highest BCUT2D eigenvalue weighted by atomic mass is 32.2. The summed E-state index contributed by atoms with van der Waals surface area (Å²) in [6.45, 7) is 6.78. The van der Waals surface area contributed by atoms with E-state index in [2.05, 4.69) is 32.5 Å². The number of hydrogen-bond donors (Lipinski definition) is 1. The lowest BCUT2D eigenvalue weighted by atomic mass is 10.1. The number of nitrogens with one attached hydrogen (secondary N) is 1. The van der Waals surface area contributed by atoms with Crippen LogP contribution in [0.2, 0.25) is 0 Å². The molecule has 0 aliphatic carbocycles. The molecule has 4 rings (SSSR count). The van der Waals surface area contributed by atoms with Crippen molar-refractivity contribution >= 4 is 17.7 Å². The number of aryl methyl sites for hydroxylation is 1. The number of halogens is 1. The maximum absolute atomic E-state index is 13.5. The third kappa shape index (κ3) is 7.62. The lowest BCUT2D eigenvalue weighted by Crippen LogP contribution is -2.38. The van der Waals surface area contributed by atoms with Gasteiger partial charge >= 0.3 is 0 Å². The van der Waals surface area contributed by atoms with Crippen molar-refractivity contribution in [3.63, 3.8) is 0 Å². The molecule has 3 aromatic rings. The smallest absolute Gasteiger partial charge is 0.230 e. The molecule has 1 aliphatic rings. The minimum absolute atomic E-state index is 0.0263. The standard InChI is InChI=1S/C26H32FN5O2S/c1-20(7-8-21-5-3-2-4-6-21)28-24(33)19-35-26-30-29-25(22-9-11-23(27)12-10-22)32(26)14-13-31-15-17-34-18-16-31/h2-6,9-12,20H,7-8,13-19H2,1H3,(H,28,33). The molecule has 9 heteroatoms. The summed E-state index contributed by atoms with van der Waals surface area (Å²) in [5.41, 5.74) is 2.07. The summed E-state index contributed by atoms with van der Waals surface area (Å²) >= 11 is 1.38. The van der Waals surface area contributed by atoms with Crippen LogP contribution in [0.1, 0.15) is 18.9 Å². The van der Waals surface area contributed by atoms with Gasteiger partial charge in [-0.2, -0.15) is 0 Å². The van der Waals surface area contributed by atoms with E-state index in [1.54, 1.807) is 12.1 Å². The van der Waals surface area contributed by atoms with Crippen molar-refractivity contribution in [3.05, 3.63) is 66.0 Å². The van der Waals surface area contributed by atoms with E-state index in [0.717, 1.165) is 51.3 Å². The van der Waals surface area contributed by atoms with Crippen molar-refractivity contribution in [1.29, 1.82) is 0 Å². The Balaban J connectivity index is 1.36. The average Bonchev–Trinajstić information content (AvgIpc) is 3.29. The van der Waals surface area contributed by atoms with E-state index in [-0.39, 0.29) is 23.5 Å². The van der Waals surface area contributed by atoms with Gasteiger partial charge in [-0.25, -0.2) is 4.39 Å². The summed E-state index contributed by atoms with van der Waals surface area (Å²) in [4.78, 5) is 15.0. The molecule has 1 N–H and O–H groups in total. The second kappa shape index (κ2) is 12.8. The van der Waals surface area contributed by atoms with Crippen molar-refractivity contribution in [3.8, 4) is 11.4 Å². The number of nitrogens with zero attached hydrogens (tertiary/aromatic N) is 4. The number of carbonyl (C=O) groups is 1. The van der Waals surface area contributed by atoms with Crippen LogP contribution in [0.5, 0.6) is 0 Å². The first-order valence-electron chi connectivity index (χ1n) is 12.0. The molecular formula is C26H32FN5O2S. The van der Waals surface area contributed by atoms with Crippen molar-refractivity contribution in [2.75, 3.05) is 38.6 Å². The van der Waals surface area contributed by atoms with E-state index >= 15 is 0 Å². The second-order valence-corrected chi connectivity index (χ2v) is 9.64. The van der Waals surface area contributed by atoms with E-state index in [9.17, 15) is 9.18 Å². The minimum Gasteiger partial charge on any atom is -0.379 e. The zero-order valence-electron chi connectivity index (χ0n) is 20.0. The van der Waals surface area contributed by atoms with E-state index in [0.29, 0.717) is 17.5 Å². The number of benzene rings is 2. The van der Waals surface area contributed by atoms with Gasteiger partial charge in [-0.1, -0.05) is 42.1 Å². The molecule has 186 valence electrons. The quantitative estimate of drug-likeness (QED) is 0.408. The SMILES string of the molecule is CC(CCc1ccccc1)NC(=O)CSc1nnc(-c2ccc(F)cc2)n1CCN1CCOCC1. The van der Waals surface area contributed by atoms with Gasteiger partial charge in [-0.15, -0.1) is 10.2 Å². The van der Waals surface area contributed by atoms with Crippen LogP contribution < -0.4 is 5.32 Å². The Labute approximate surface area is 210 Å². The summed E-state index contributed by atoms with van der Waals surface area (Å²) in [7, 11) is 0. The topological polar surface area (TPSA) is 72.3 Å². The van der Waals surface area contributed by atoms with Crippen molar-refractivity contribution in [2.45, 2.75) is 37.5 Å². The van der Waals surface area contributed by atoms with Crippen LogP contribution in [0, 0.1) is 5.82 Å². The van der Waals surface area contributed by atoms with Crippen molar-refractivity contribution in [1.82, 2.24) is 25.0 Å². The van der Waals surface area contributed by atoms with Crippen LogP contribution in [-0.4, -0.2) is 70.2 Å². The zero-order chi connectivity index (χ0) is 24.5. The summed E-state index contributed by atoms with van der Waals surface area (Å²) < 4.78 is 20.9. The molecule has 1 aromatic heterocycles. The predicted molar refractivity (Wildman–Crippen MR) is 136 cm³/mol. The fraction of sp³-hybridized carbons (Fsp3) is 0.423. The summed E-state index contributed by atoms with van der Waals surface area (Å²) in [5.74, 6) is 0.620.